The van der Waals surface area contributed by atoms with Crippen LogP contribution in [-0.2, 0) is 9.31 Å². The maximum Gasteiger partial charge on any atom is 0.453 e. The summed E-state index contributed by atoms with van der Waals surface area (Å²) in [5.41, 5.74) is 0. The fourth-order valence-electron chi connectivity index (χ4n) is 0.0962. The third-order valence-electron chi connectivity index (χ3n) is 0.664. The highest BCUT2D eigenvalue weighted by molar-refractivity contribution is 6.42. The van der Waals surface area contributed by atoms with E-state index in [0.717, 1.165) is 0 Å². The molecule has 7 heavy (non-hydrogen) atoms. The van der Waals surface area contributed by atoms with Gasteiger partial charge >= 0.3 is 7.12 Å². The zero-order chi connectivity index (χ0) is 4.99. The number of hydrogen-bond acceptors (Lipinski definition) is 2. The Morgan fingerprint density at radius 1 is 1.14 bits per heavy atom. The van der Waals surface area contributed by atoms with Gasteiger partial charge in [0.2, 0.25) is 0 Å². The smallest absolute Gasteiger partial charge is 0.414 e. The molecule has 0 spiro atoms. The molecule has 0 aromatic heterocycles. The van der Waals surface area contributed by atoms with E-state index in [1.54, 1.807) is 14.2 Å². The fourth-order valence-corrected chi connectivity index (χ4v) is 0.0962. The summed E-state index contributed by atoms with van der Waals surface area (Å²) in [6.07, 6.45) is 0. The lowest BCUT2D eigenvalue weighted by molar-refractivity contribution is 0.285. The summed E-state index contributed by atoms with van der Waals surface area (Å²) in [4.78, 5) is 0. The second-order valence-electron chi connectivity index (χ2n) is 1.04. The summed E-state index contributed by atoms with van der Waals surface area (Å²) in [7, 11) is 3.15. The van der Waals surface area contributed by atoms with Crippen LogP contribution in [0.1, 0.15) is 7.43 Å². The Balaban J connectivity index is 0. The van der Waals surface area contributed by atoms with E-state index in [9.17, 15) is 0 Å². The maximum absolute atomic E-state index is 4.68. The van der Waals surface area contributed by atoms with Gasteiger partial charge in [-0.05, 0) is 6.82 Å². The Labute approximate surface area is 46.0 Å². The Hall–Kier alpha value is -0.0151. The Morgan fingerprint density at radius 3 is 1.43 bits per heavy atom. The van der Waals surface area contributed by atoms with Crippen LogP contribution in [0, 0.1) is 0 Å². The van der Waals surface area contributed by atoms with Gasteiger partial charge in [0.15, 0.2) is 0 Å². The number of rotatable bonds is 2. The first-order valence-electron chi connectivity index (χ1n) is 1.87. The van der Waals surface area contributed by atoms with Crippen molar-refractivity contribution < 1.29 is 9.31 Å². The molecular weight excluding hydrogens is 90.9 g/mol. The molecule has 0 aromatic rings. The van der Waals surface area contributed by atoms with Gasteiger partial charge in [-0.15, -0.1) is 0 Å². The standard InChI is InChI=1S/C3H9BO2.CH4/c1-4(5-2)6-3;/h1-3H3;1H4. The summed E-state index contributed by atoms with van der Waals surface area (Å²) >= 11 is 0. The predicted molar refractivity (Wildman–Crippen MR) is 32.4 cm³/mol. The Kier molecular flexibility index (Phi) is 8.61. The minimum Gasteiger partial charge on any atom is -0.414 e. The van der Waals surface area contributed by atoms with Gasteiger partial charge in [-0.1, -0.05) is 7.43 Å². The quantitative estimate of drug-likeness (QED) is 0.487. The van der Waals surface area contributed by atoms with Crippen molar-refractivity contribution in [2.45, 2.75) is 14.2 Å². The summed E-state index contributed by atoms with van der Waals surface area (Å²) in [5.74, 6) is 0. The molecule has 3 heteroatoms. The molecular formula is C4H13BO2. The molecule has 0 saturated carbocycles. The van der Waals surface area contributed by atoms with Crippen LogP contribution in [0.4, 0.5) is 0 Å². The lowest BCUT2D eigenvalue weighted by atomic mass is 9.96. The molecule has 0 aliphatic rings. The molecule has 0 unspecified atom stereocenters. The fraction of sp³-hybridized carbons (Fsp3) is 1.00. The average Bonchev–Trinajstić information content (AvgIpc) is 1.65. The third kappa shape index (κ3) is 5.98. The van der Waals surface area contributed by atoms with Crippen molar-refractivity contribution in [2.75, 3.05) is 14.2 Å². The summed E-state index contributed by atoms with van der Waals surface area (Å²) < 4.78 is 9.35. The SMILES string of the molecule is C.COB(C)OC. The third-order valence-corrected chi connectivity index (χ3v) is 0.664. The van der Waals surface area contributed by atoms with Crippen LogP contribution in [0.5, 0.6) is 0 Å². The van der Waals surface area contributed by atoms with E-state index in [2.05, 4.69) is 9.31 Å². The van der Waals surface area contributed by atoms with Gasteiger partial charge in [0.1, 0.15) is 0 Å². The van der Waals surface area contributed by atoms with E-state index in [4.69, 9.17) is 0 Å². The molecule has 0 N–H and O–H groups in total. The molecule has 0 atom stereocenters. The molecule has 0 rings (SSSR count). The zero-order valence-electron chi connectivity index (χ0n) is 4.39. The van der Waals surface area contributed by atoms with E-state index < -0.39 is 0 Å². The van der Waals surface area contributed by atoms with Gasteiger partial charge < -0.3 is 9.31 Å². The van der Waals surface area contributed by atoms with Crippen LogP contribution in [0.15, 0.2) is 0 Å². The molecule has 0 amide bonds. The summed E-state index contributed by atoms with van der Waals surface area (Å²) in [5, 5.41) is 0. The van der Waals surface area contributed by atoms with Crippen LogP contribution < -0.4 is 0 Å². The van der Waals surface area contributed by atoms with E-state index >= 15 is 0 Å². The topological polar surface area (TPSA) is 18.5 Å². The van der Waals surface area contributed by atoms with Crippen LogP contribution >= 0.6 is 0 Å². The first kappa shape index (κ1) is 10.1. The highest BCUT2D eigenvalue weighted by atomic mass is 16.6. The van der Waals surface area contributed by atoms with E-state index in [0.29, 0.717) is 0 Å². The lowest BCUT2D eigenvalue weighted by Crippen LogP contribution is -2.12. The van der Waals surface area contributed by atoms with Crippen molar-refractivity contribution in [2.24, 2.45) is 0 Å². The van der Waals surface area contributed by atoms with Crippen molar-refractivity contribution in [1.29, 1.82) is 0 Å². The van der Waals surface area contributed by atoms with Crippen LogP contribution in [0.2, 0.25) is 6.82 Å². The van der Waals surface area contributed by atoms with Crippen LogP contribution in [0.25, 0.3) is 0 Å². The van der Waals surface area contributed by atoms with Gasteiger partial charge in [-0.25, -0.2) is 0 Å². The molecule has 2 nitrogen and oxygen atoms in total. The zero-order valence-corrected chi connectivity index (χ0v) is 4.39. The molecule has 0 aliphatic carbocycles. The van der Waals surface area contributed by atoms with Crippen molar-refractivity contribution in [3.8, 4) is 0 Å². The van der Waals surface area contributed by atoms with Gasteiger partial charge in [0, 0.05) is 14.2 Å². The monoisotopic (exact) mass is 104 g/mol. The summed E-state index contributed by atoms with van der Waals surface area (Å²) in [6.45, 7) is 1.83. The molecule has 0 heterocycles. The largest absolute Gasteiger partial charge is 0.453 e. The molecule has 0 aliphatic heterocycles. The Bertz CT molecular complexity index is 28.9. The van der Waals surface area contributed by atoms with E-state index in [-0.39, 0.29) is 14.5 Å². The molecule has 0 aromatic carbocycles. The Morgan fingerprint density at radius 2 is 1.43 bits per heavy atom. The first-order valence-corrected chi connectivity index (χ1v) is 1.87. The first-order chi connectivity index (χ1) is 2.81. The van der Waals surface area contributed by atoms with Crippen LogP contribution in [-0.4, -0.2) is 21.3 Å². The second-order valence-corrected chi connectivity index (χ2v) is 1.04. The predicted octanol–water partition coefficient (Wildman–Crippen LogP) is 1.03. The molecule has 0 fully saturated rings. The van der Waals surface area contributed by atoms with Crippen molar-refractivity contribution in [1.82, 2.24) is 0 Å². The molecule has 0 bridgehead atoms. The van der Waals surface area contributed by atoms with Gasteiger partial charge in [-0.2, -0.15) is 0 Å². The second kappa shape index (κ2) is 5.98. The minimum atomic E-state index is -0.0648. The van der Waals surface area contributed by atoms with Crippen molar-refractivity contribution in [3.05, 3.63) is 0 Å². The normalized spacial score (nSPS) is 7.29. The van der Waals surface area contributed by atoms with Gasteiger partial charge in [-0.3, -0.25) is 0 Å². The highest BCUT2D eigenvalue weighted by Crippen LogP contribution is 1.77. The molecule has 0 radical (unpaired) electrons. The van der Waals surface area contributed by atoms with E-state index in [1.807, 2.05) is 6.82 Å². The van der Waals surface area contributed by atoms with Gasteiger partial charge in [0.25, 0.3) is 0 Å². The molecule has 44 valence electrons. The summed E-state index contributed by atoms with van der Waals surface area (Å²) in [6, 6.07) is 0. The minimum absolute atomic E-state index is 0. The van der Waals surface area contributed by atoms with Crippen molar-refractivity contribution >= 4 is 7.12 Å². The van der Waals surface area contributed by atoms with Crippen LogP contribution in [0.3, 0.4) is 0 Å². The highest BCUT2D eigenvalue weighted by Gasteiger charge is 2.00. The maximum atomic E-state index is 4.68. The van der Waals surface area contributed by atoms with E-state index in [1.165, 1.54) is 0 Å². The molecule has 0 saturated heterocycles. The number of hydrogen-bond donors (Lipinski definition) is 0. The van der Waals surface area contributed by atoms with Crippen molar-refractivity contribution in [3.63, 3.8) is 0 Å². The average molecular weight is 104 g/mol. The lowest BCUT2D eigenvalue weighted by Gasteiger charge is -1.97. The van der Waals surface area contributed by atoms with Gasteiger partial charge in [0.05, 0.1) is 0 Å².